The van der Waals surface area contributed by atoms with Gasteiger partial charge in [-0.25, -0.2) is 8.78 Å². The number of hydrogen-bond acceptors (Lipinski definition) is 13. The summed E-state index contributed by atoms with van der Waals surface area (Å²) in [4.78, 5) is 50.2. The van der Waals surface area contributed by atoms with Gasteiger partial charge in [0.2, 0.25) is 0 Å². The Morgan fingerprint density at radius 2 is 0.961 bits per heavy atom. The normalized spacial score (nSPS) is 20.9. The van der Waals surface area contributed by atoms with Crippen molar-refractivity contribution in [3.8, 4) is 17.2 Å². The molecule has 6 aromatic rings. The average molecular weight is 1490 g/mol. The largest absolute Gasteiger partial charge is 0.490 e. The predicted octanol–water partition coefficient (Wildman–Crippen LogP) is 15.5. The van der Waals surface area contributed by atoms with Crippen LogP contribution in [0.1, 0.15) is 113 Å². The molecule has 0 saturated carbocycles. The lowest BCUT2D eigenvalue weighted by Gasteiger charge is -2.43. The minimum atomic E-state index is -0.988. The standard InChI is InChI=1S/2C28H36ClFN2O3.C24H28Cl2N2O4.H2/c1-20-17-23(29)5-8-26(20)35-25-11-13-31(14-12-25)19-22-9-15-32(16-10-22)28(2,27(33)34)18-21-3-6-24(30)7-4-21;1-20-17-25(7-8-26(20)29)35-24-11-13-31(14-12-24)19-22-9-15-32(16-10-22)28(2,27(33)34)18-21-3-5-23(30)6-4-21;25-21-7-6-19(14-22(21)26)32-18-8-10-27(11-9-18)15-20-16-28(12-13-31-20)23(24(29)30)17-4-2-1-3-5-17;/h3-8,17,22,25H,9-16,18-19H2,1-2H3,(H,33,34);3-8,17,22,24H,9-16,18-19H2,1-2H3,(H,33,34);1-7,14,18,20,23H,8-13,15-16H2,(H,29,30);1H/t2*28-;20-,23?;/m000./s1. The molecule has 0 spiro atoms. The maximum atomic E-state index is 13.3. The molecular weight excluding hydrogens is 1380 g/mol. The number of aliphatic carboxylic acids is 3. The monoisotopic (exact) mass is 1480 g/mol. The summed E-state index contributed by atoms with van der Waals surface area (Å²) in [6.45, 7) is 21.3. The van der Waals surface area contributed by atoms with E-state index in [1.165, 1.54) is 24.3 Å². The second kappa shape index (κ2) is 37.2. The summed E-state index contributed by atoms with van der Waals surface area (Å²) >= 11 is 24.2. The lowest BCUT2D eigenvalue weighted by Crippen LogP contribution is -2.57. The van der Waals surface area contributed by atoms with Gasteiger partial charge in [-0.15, -0.1) is 0 Å². The Kier molecular flexibility index (Phi) is 28.6. The Hall–Kier alpha value is -6.13. The molecular formula is C80H102Cl4F2N6O10. The van der Waals surface area contributed by atoms with Crippen molar-refractivity contribution in [3.63, 3.8) is 0 Å². The van der Waals surface area contributed by atoms with Crippen LogP contribution in [0.5, 0.6) is 17.2 Å². The van der Waals surface area contributed by atoms with Crippen LogP contribution >= 0.6 is 46.4 Å². The molecule has 16 nitrogen and oxygen atoms in total. The van der Waals surface area contributed by atoms with Gasteiger partial charge in [-0.3, -0.25) is 29.1 Å². The van der Waals surface area contributed by atoms with Crippen molar-refractivity contribution in [1.82, 2.24) is 29.4 Å². The van der Waals surface area contributed by atoms with Gasteiger partial charge < -0.3 is 49.0 Å². The highest BCUT2D eigenvalue weighted by molar-refractivity contribution is 6.42. The number of ether oxygens (including phenoxy) is 4. The summed E-state index contributed by atoms with van der Waals surface area (Å²) in [6, 6.07) is 38.1. The molecule has 0 aromatic heterocycles. The van der Waals surface area contributed by atoms with Gasteiger partial charge in [0, 0.05) is 102 Å². The van der Waals surface area contributed by atoms with Crippen molar-refractivity contribution in [3.05, 3.63) is 193 Å². The molecule has 6 saturated heterocycles. The first-order chi connectivity index (χ1) is 48.9. The highest BCUT2D eigenvalue weighted by Crippen LogP contribution is 2.35. The van der Waals surface area contributed by atoms with E-state index in [1.54, 1.807) is 50.2 Å². The summed E-state index contributed by atoms with van der Waals surface area (Å²) in [5.41, 5.74) is 2.62. The van der Waals surface area contributed by atoms with Crippen LogP contribution in [0.15, 0.2) is 133 Å². The van der Waals surface area contributed by atoms with Gasteiger partial charge in [-0.2, -0.15) is 0 Å². The van der Waals surface area contributed by atoms with Crippen molar-refractivity contribution < 1.29 is 58.9 Å². The number of benzene rings is 6. The van der Waals surface area contributed by atoms with E-state index in [4.69, 9.17) is 65.4 Å². The van der Waals surface area contributed by atoms with Crippen LogP contribution in [0.25, 0.3) is 0 Å². The molecule has 0 amide bonds. The number of carbonyl (C=O) groups is 3. The second-order valence-electron chi connectivity index (χ2n) is 29.0. The summed E-state index contributed by atoms with van der Waals surface area (Å²) in [7, 11) is 0. The first-order valence-electron chi connectivity index (χ1n) is 36.2. The molecule has 6 heterocycles. The van der Waals surface area contributed by atoms with Crippen molar-refractivity contribution in [2.45, 2.75) is 146 Å². The summed E-state index contributed by atoms with van der Waals surface area (Å²) in [5.74, 6) is 0.627. The molecule has 4 atom stereocenters. The first-order valence-corrected chi connectivity index (χ1v) is 37.7. The van der Waals surface area contributed by atoms with Gasteiger partial charge in [0.05, 0.1) is 22.8 Å². The van der Waals surface area contributed by atoms with Crippen LogP contribution in [0.4, 0.5) is 8.78 Å². The number of nitrogens with zero attached hydrogens (tertiary/aromatic N) is 6. The van der Waals surface area contributed by atoms with E-state index in [-0.39, 0.29) is 37.5 Å². The van der Waals surface area contributed by atoms with Crippen molar-refractivity contribution in [2.24, 2.45) is 11.8 Å². The number of carboxylic acid groups (broad SMARTS) is 3. The Bertz CT molecular complexity index is 3670. The highest BCUT2D eigenvalue weighted by Gasteiger charge is 2.44. The number of halogens is 6. The fourth-order valence-corrected chi connectivity index (χ4v) is 15.9. The van der Waals surface area contributed by atoms with E-state index in [0.717, 1.165) is 204 Å². The van der Waals surface area contributed by atoms with Crippen LogP contribution in [-0.2, 0) is 32.0 Å². The quantitative estimate of drug-likeness (QED) is 0.0554. The molecule has 1 unspecified atom stereocenters. The number of morpholine rings is 1. The number of hydrogen-bond donors (Lipinski definition) is 3. The van der Waals surface area contributed by atoms with Gasteiger partial charge in [0.25, 0.3) is 0 Å². The van der Waals surface area contributed by atoms with Gasteiger partial charge >= 0.3 is 17.9 Å². The Morgan fingerprint density at radius 3 is 1.40 bits per heavy atom. The summed E-state index contributed by atoms with van der Waals surface area (Å²) < 4.78 is 51.0. The number of piperidine rings is 5. The molecule has 6 aliphatic heterocycles. The molecule has 3 N–H and O–H groups in total. The van der Waals surface area contributed by atoms with E-state index in [0.29, 0.717) is 54.4 Å². The van der Waals surface area contributed by atoms with Gasteiger partial charge in [-0.05, 0) is 231 Å². The van der Waals surface area contributed by atoms with Crippen LogP contribution in [0, 0.1) is 37.3 Å². The van der Waals surface area contributed by atoms with Crippen LogP contribution in [0.2, 0.25) is 20.1 Å². The molecule has 554 valence electrons. The van der Waals surface area contributed by atoms with Gasteiger partial charge in [0.15, 0.2) is 0 Å². The maximum Gasteiger partial charge on any atom is 0.325 e. The first kappa shape index (κ1) is 78.5. The minimum Gasteiger partial charge on any atom is -0.490 e. The third-order valence-electron chi connectivity index (χ3n) is 21.5. The molecule has 0 aliphatic carbocycles. The molecule has 12 rings (SSSR count). The number of rotatable bonds is 23. The zero-order valence-electron chi connectivity index (χ0n) is 59.2. The highest BCUT2D eigenvalue weighted by atomic mass is 35.5. The molecule has 0 bridgehead atoms. The zero-order valence-corrected chi connectivity index (χ0v) is 62.2. The summed E-state index contributed by atoms with van der Waals surface area (Å²) in [5, 5.41) is 32.4. The number of aryl methyl sites for hydroxylation is 2. The molecule has 6 aromatic carbocycles. The minimum absolute atomic E-state index is 0. The average Bonchev–Trinajstić information content (AvgIpc) is 0.804. The van der Waals surface area contributed by atoms with E-state index in [9.17, 15) is 38.5 Å². The van der Waals surface area contributed by atoms with Crippen molar-refractivity contribution in [2.75, 3.05) is 105 Å². The number of carboxylic acids is 3. The lowest BCUT2D eigenvalue weighted by atomic mass is 9.86. The van der Waals surface area contributed by atoms with Crippen molar-refractivity contribution >= 4 is 64.3 Å². The van der Waals surface area contributed by atoms with Gasteiger partial charge in [-0.1, -0.05) is 101 Å². The molecule has 6 fully saturated rings. The van der Waals surface area contributed by atoms with Crippen LogP contribution in [0.3, 0.4) is 0 Å². The third kappa shape index (κ3) is 22.2. The van der Waals surface area contributed by atoms with E-state index in [1.807, 2.05) is 91.5 Å². The zero-order chi connectivity index (χ0) is 72.5. The Morgan fingerprint density at radius 1 is 0.510 bits per heavy atom. The van der Waals surface area contributed by atoms with Crippen LogP contribution < -0.4 is 14.2 Å². The smallest absolute Gasteiger partial charge is 0.325 e. The van der Waals surface area contributed by atoms with Crippen molar-refractivity contribution in [1.29, 1.82) is 0 Å². The van der Waals surface area contributed by atoms with E-state index in [2.05, 4.69) is 24.5 Å². The lowest BCUT2D eigenvalue weighted by molar-refractivity contribution is -0.152. The SMILES string of the molecule is Cc1cc(Cl)ccc1OC1CCN(CC2CCN([C@@](C)(Cc3ccc(F)cc3)C(=O)O)CC2)CC1.Cc1cc(OC2CCN(CC3CCN([C@@](C)(Cc4ccc(F)cc4)C(=O)O)CC3)CC2)ccc1Cl.O=C(O)C(c1ccccc1)N1CCO[C@@H](CN2CCC(Oc3ccc(Cl)c(Cl)c3)CC2)C1.[HH]. The topological polar surface area (TPSA) is 168 Å². The Balaban J connectivity index is 0.000000179. The van der Waals surface area contributed by atoms with E-state index < -0.39 is 35.0 Å². The molecule has 102 heavy (non-hydrogen) atoms. The third-order valence-corrected chi connectivity index (χ3v) is 22.9. The number of likely N-dealkylation sites (tertiary alicyclic amines) is 5. The molecule has 22 heteroatoms. The predicted molar refractivity (Wildman–Crippen MR) is 400 cm³/mol. The second-order valence-corrected chi connectivity index (χ2v) is 30.7. The van der Waals surface area contributed by atoms with E-state index >= 15 is 0 Å². The maximum absolute atomic E-state index is 13.3. The fraction of sp³-hybridized carbons (Fsp3) is 0.512. The Labute approximate surface area is 622 Å². The summed E-state index contributed by atoms with van der Waals surface area (Å²) in [6.07, 6.45) is 11.2. The van der Waals surface area contributed by atoms with Gasteiger partial charge in [0.1, 0.15) is 64.3 Å². The fourth-order valence-electron chi connectivity index (χ4n) is 15.3. The molecule has 6 aliphatic rings. The molecule has 0 radical (unpaired) electrons. The van der Waals surface area contributed by atoms with Crippen LogP contribution in [-0.4, -0.2) is 203 Å².